The normalized spacial score (nSPS) is 19.1. The van der Waals surface area contributed by atoms with Crippen molar-refractivity contribution in [3.05, 3.63) is 121 Å². The highest BCUT2D eigenvalue weighted by Crippen LogP contribution is 2.56. The molecule has 0 nitrogen and oxygen atoms in total. The molecule has 4 aromatic rings. The number of hydrogen-bond acceptors (Lipinski definition) is 0. The number of rotatable bonds is 7. The molecule has 1 fully saturated rings. The Morgan fingerprint density at radius 2 is 0.939 bits per heavy atom. The van der Waals surface area contributed by atoms with Crippen LogP contribution in [0.15, 0.2) is 121 Å². The summed E-state index contributed by atoms with van der Waals surface area (Å²) in [6, 6.07) is 45.3. The standard InChI is InChI=1S/C31H32P2/c1-25(32(26-15-6-2-7-16-26)27-17-8-3-9-18-27)30-23-14-24-31(30)33(28-19-10-4-11-20-28)29-21-12-5-13-22-29/h2-13,15-22,25,30-31H,14,23-24H2,1H3/t25-,30?,31?/m1/s1. The zero-order valence-electron chi connectivity index (χ0n) is 19.3. The van der Waals surface area contributed by atoms with Crippen molar-refractivity contribution in [2.75, 3.05) is 0 Å². The second-order valence-corrected chi connectivity index (χ2v) is 14.0. The van der Waals surface area contributed by atoms with Crippen molar-refractivity contribution in [2.45, 2.75) is 37.5 Å². The average molecular weight is 467 g/mol. The largest absolute Gasteiger partial charge is 0.0622 e. The van der Waals surface area contributed by atoms with E-state index in [9.17, 15) is 0 Å². The van der Waals surface area contributed by atoms with Crippen molar-refractivity contribution in [3.63, 3.8) is 0 Å². The SMILES string of the molecule is C[C@H](C1CCCC1P(c1ccccc1)c1ccccc1)P(c1ccccc1)c1ccccc1. The summed E-state index contributed by atoms with van der Waals surface area (Å²) >= 11 is 0. The van der Waals surface area contributed by atoms with Gasteiger partial charge in [-0.25, -0.2) is 0 Å². The maximum absolute atomic E-state index is 2.55. The van der Waals surface area contributed by atoms with E-state index in [1.807, 2.05) is 0 Å². The lowest BCUT2D eigenvalue weighted by molar-refractivity contribution is 0.548. The van der Waals surface area contributed by atoms with Crippen LogP contribution in [0.1, 0.15) is 26.2 Å². The van der Waals surface area contributed by atoms with Gasteiger partial charge in [0.05, 0.1) is 0 Å². The lowest BCUT2D eigenvalue weighted by Crippen LogP contribution is -2.33. The van der Waals surface area contributed by atoms with Gasteiger partial charge in [-0.15, -0.1) is 0 Å². The van der Waals surface area contributed by atoms with Crippen molar-refractivity contribution in [1.29, 1.82) is 0 Å². The van der Waals surface area contributed by atoms with E-state index in [1.165, 1.54) is 40.5 Å². The highest BCUT2D eigenvalue weighted by molar-refractivity contribution is 7.74. The van der Waals surface area contributed by atoms with Gasteiger partial charge in [0, 0.05) is 0 Å². The van der Waals surface area contributed by atoms with Gasteiger partial charge in [-0.3, -0.25) is 0 Å². The molecule has 0 aromatic heterocycles. The molecular weight excluding hydrogens is 434 g/mol. The van der Waals surface area contributed by atoms with Crippen LogP contribution in [-0.2, 0) is 0 Å². The van der Waals surface area contributed by atoms with Gasteiger partial charge in [0.15, 0.2) is 0 Å². The monoisotopic (exact) mass is 466 g/mol. The van der Waals surface area contributed by atoms with Gasteiger partial charge in [-0.1, -0.05) is 135 Å². The van der Waals surface area contributed by atoms with Crippen molar-refractivity contribution in [3.8, 4) is 0 Å². The van der Waals surface area contributed by atoms with Crippen molar-refractivity contribution in [2.24, 2.45) is 5.92 Å². The Bertz CT molecular complexity index is 1030. The Hall–Kier alpha value is -2.26. The van der Waals surface area contributed by atoms with Crippen molar-refractivity contribution < 1.29 is 0 Å². The molecule has 0 amide bonds. The van der Waals surface area contributed by atoms with E-state index in [4.69, 9.17) is 0 Å². The van der Waals surface area contributed by atoms with Gasteiger partial charge in [-0.05, 0) is 67.1 Å². The van der Waals surface area contributed by atoms with E-state index in [0.29, 0.717) is 5.66 Å². The van der Waals surface area contributed by atoms with Gasteiger partial charge in [-0.2, -0.15) is 0 Å². The average Bonchev–Trinajstić information content (AvgIpc) is 3.36. The lowest BCUT2D eigenvalue weighted by atomic mass is 10.0. The number of hydrogen-bond donors (Lipinski definition) is 0. The molecule has 4 aromatic carbocycles. The molecule has 1 aliphatic carbocycles. The number of benzene rings is 4. The summed E-state index contributed by atoms with van der Waals surface area (Å²) in [5.74, 6) is 0.739. The zero-order chi connectivity index (χ0) is 22.5. The highest BCUT2D eigenvalue weighted by Gasteiger charge is 2.40. The first-order valence-electron chi connectivity index (χ1n) is 12.1. The Labute approximate surface area is 201 Å². The molecule has 0 aliphatic heterocycles. The molecule has 1 saturated carbocycles. The Morgan fingerprint density at radius 3 is 1.36 bits per heavy atom. The molecule has 0 bridgehead atoms. The van der Waals surface area contributed by atoms with Crippen LogP contribution in [-0.4, -0.2) is 11.3 Å². The fraction of sp³-hybridized carbons (Fsp3) is 0.226. The second-order valence-electron chi connectivity index (χ2n) is 8.98. The molecule has 166 valence electrons. The summed E-state index contributed by atoms with van der Waals surface area (Å²) in [5.41, 5.74) is 1.38. The molecule has 1 aliphatic rings. The quantitative estimate of drug-likeness (QED) is 0.263. The Balaban J connectivity index is 1.54. The van der Waals surface area contributed by atoms with E-state index in [-0.39, 0.29) is 7.92 Å². The first-order valence-corrected chi connectivity index (χ1v) is 14.9. The fourth-order valence-electron chi connectivity index (χ4n) is 5.55. The Kier molecular flexibility index (Phi) is 7.36. The summed E-state index contributed by atoms with van der Waals surface area (Å²) in [6.07, 6.45) is 4.05. The summed E-state index contributed by atoms with van der Waals surface area (Å²) < 4.78 is 0. The second kappa shape index (κ2) is 10.8. The zero-order valence-corrected chi connectivity index (χ0v) is 21.1. The maximum atomic E-state index is 2.55. The Morgan fingerprint density at radius 1 is 0.545 bits per heavy atom. The molecule has 33 heavy (non-hydrogen) atoms. The highest BCUT2D eigenvalue weighted by atomic mass is 31.1. The molecule has 2 unspecified atom stereocenters. The van der Waals surface area contributed by atoms with Gasteiger partial charge < -0.3 is 0 Å². The van der Waals surface area contributed by atoms with Crippen LogP contribution in [0.4, 0.5) is 0 Å². The molecule has 0 heterocycles. The van der Waals surface area contributed by atoms with Gasteiger partial charge in [0.2, 0.25) is 0 Å². The van der Waals surface area contributed by atoms with Crippen LogP contribution in [0.3, 0.4) is 0 Å². The van der Waals surface area contributed by atoms with Crippen LogP contribution in [0.2, 0.25) is 0 Å². The van der Waals surface area contributed by atoms with Crippen molar-refractivity contribution >= 4 is 37.1 Å². The topological polar surface area (TPSA) is 0 Å². The molecule has 3 atom stereocenters. The summed E-state index contributed by atoms with van der Waals surface area (Å²) in [5, 5.41) is 6.10. The summed E-state index contributed by atoms with van der Waals surface area (Å²) in [4.78, 5) is 0. The minimum absolute atomic E-state index is 0.376. The molecule has 2 heteroatoms. The van der Waals surface area contributed by atoms with Crippen molar-refractivity contribution in [1.82, 2.24) is 0 Å². The minimum atomic E-state index is -0.402. The van der Waals surface area contributed by atoms with Gasteiger partial charge in [0.1, 0.15) is 0 Å². The predicted molar refractivity (Wildman–Crippen MR) is 149 cm³/mol. The van der Waals surface area contributed by atoms with Gasteiger partial charge in [0.25, 0.3) is 0 Å². The van der Waals surface area contributed by atoms with E-state index in [2.05, 4.69) is 128 Å². The smallest absolute Gasteiger partial charge is 0.00943 e. The minimum Gasteiger partial charge on any atom is -0.0622 e. The predicted octanol–water partition coefficient (Wildman–Crippen LogP) is 6.81. The molecule has 0 radical (unpaired) electrons. The summed E-state index contributed by atoms with van der Waals surface area (Å²) in [6.45, 7) is 2.55. The van der Waals surface area contributed by atoms with Crippen LogP contribution in [0.25, 0.3) is 0 Å². The van der Waals surface area contributed by atoms with Crippen LogP contribution < -0.4 is 21.2 Å². The molecule has 0 saturated heterocycles. The third-order valence-corrected chi connectivity index (χ3v) is 12.9. The third-order valence-electron chi connectivity index (χ3n) is 7.03. The molecular formula is C31H32P2. The van der Waals surface area contributed by atoms with E-state index >= 15 is 0 Å². The lowest BCUT2D eigenvalue weighted by Gasteiger charge is -2.37. The molecule has 5 rings (SSSR count). The maximum Gasteiger partial charge on any atom is -0.00943 e. The first kappa shape index (κ1) is 22.5. The van der Waals surface area contributed by atoms with E-state index in [0.717, 1.165) is 11.6 Å². The van der Waals surface area contributed by atoms with Crippen LogP contribution in [0, 0.1) is 5.92 Å². The molecule has 0 spiro atoms. The van der Waals surface area contributed by atoms with E-state index in [1.54, 1.807) is 0 Å². The van der Waals surface area contributed by atoms with Crippen LogP contribution in [0.5, 0.6) is 0 Å². The van der Waals surface area contributed by atoms with Gasteiger partial charge >= 0.3 is 0 Å². The van der Waals surface area contributed by atoms with Crippen LogP contribution >= 0.6 is 15.8 Å². The fourth-order valence-corrected chi connectivity index (χ4v) is 11.9. The first-order chi connectivity index (χ1) is 16.3. The molecule has 0 N–H and O–H groups in total. The third kappa shape index (κ3) is 4.99. The van der Waals surface area contributed by atoms with E-state index < -0.39 is 7.92 Å². The summed E-state index contributed by atoms with van der Waals surface area (Å²) in [7, 11) is -0.778.